The van der Waals surface area contributed by atoms with Crippen molar-refractivity contribution in [3.05, 3.63) is 65.2 Å². The maximum Gasteiger partial charge on any atom is 0.150 e. The summed E-state index contributed by atoms with van der Waals surface area (Å²) < 4.78 is 5.74. The van der Waals surface area contributed by atoms with Gasteiger partial charge in [0.1, 0.15) is 12.0 Å². The van der Waals surface area contributed by atoms with Gasteiger partial charge in [0.05, 0.1) is 6.61 Å². The van der Waals surface area contributed by atoms with E-state index in [0.29, 0.717) is 12.2 Å². The van der Waals surface area contributed by atoms with Gasteiger partial charge in [-0.2, -0.15) is 0 Å². The quantitative estimate of drug-likeness (QED) is 0.578. The Morgan fingerprint density at radius 2 is 1.89 bits per heavy atom. The molecule has 2 aromatic carbocycles. The second-order valence-corrected chi connectivity index (χ2v) is 4.58. The smallest absolute Gasteiger partial charge is 0.150 e. The fourth-order valence-corrected chi connectivity index (χ4v) is 2.01. The predicted octanol–water partition coefficient (Wildman–Crippen LogP) is 3.82. The van der Waals surface area contributed by atoms with E-state index < -0.39 is 0 Å². The predicted molar refractivity (Wildman–Crippen MR) is 76.8 cm³/mol. The monoisotopic (exact) mass is 254 g/mol. The molecule has 2 aromatic rings. The Morgan fingerprint density at radius 3 is 2.58 bits per heavy atom. The highest BCUT2D eigenvalue weighted by atomic mass is 16.5. The molecule has 0 unspecified atom stereocenters. The summed E-state index contributed by atoms with van der Waals surface area (Å²) in [5.41, 5.74) is 3.03. The molecule has 98 valence electrons. The van der Waals surface area contributed by atoms with Gasteiger partial charge in [0.2, 0.25) is 0 Å². The van der Waals surface area contributed by atoms with Crippen molar-refractivity contribution < 1.29 is 9.53 Å². The third-order valence-electron chi connectivity index (χ3n) is 3.05. The molecule has 0 saturated heterocycles. The summed E-state index contributed by atoms with van der Waals surface area (Å²) in [6.07, 6.45) is 2.86. The Labute approximate surface area is 114 Å². The van der Waals surface area contributed by atoms with Crippen LogP contribution in [0, 0.1) is 6.92 Å². The van der Waals surface area contributed by atoms with Crippen molar-refractivity contribution in [3.63, 3.8) is 0 Å². The highest BCUT2D eigenvalue weighted by Gasteiger charge is 2.01. The van der Waals surface area contributed by atoms with Crippen molar-refractivity contribution in [1.82, 2.24) is 0 Å². The van der Waals surface area contributed by atoms with Crippen molar-refractivity contribution >= 4 is 6.29 Å². The van der Waals surface area contributed by atoms with Crippen molar-refractivity contribution in [2.75, 3.05) is 6.61 Å². The summed E-state index contributed by atoms with van der Waals surface area (Å²) in [6, 6.07) is 15.9. The second-order valence-electron chi connectivity index (χ2n) is 4.58. The summed E-state index contributed by atoms with van der Waals surface area (Å²) in [5.74, 6) is 0.860. The van der Waals surface area contributed by atoms with Crippen LogP contribution in [0.2, 0.25) is 0 Å². The molecule has 2 nitrogen and oxygen atoms in total. The molecule has 0 N–H and O–H groups in total. The summed E-state index contributed by atoms with van der Waals surface area (Å²) >= 11 is 0. The minimum Gasteiger partial charge on any atom is -0.493 e. The lowest BCUT2D eigenvalue weighted by Gasteiger charge is -2.09. The van der Waals surface area contributed by atoms with E-state index in [1.54, 1.807) is 6.07 Å². The number of hydrogen-bond acceptors (Lipinski definition) is 2. The van der Waals surface area contributed by atoms with Crippen molar-refractivity contribution in [2.24, 2.45) is 0 Å². The van der Waals surface area contributed by atoms with E-state index in [-0.39, 0.29) is 0 Å². The molecule has 19 heavy (non-hydrogen) atoms. The molecule has 2 heteroatoms. The van der Waals surface area contributed by atoms with Crippen molar-refractivity contribution in [3.8, 4) is 5.75 Å². The third-order valence-corrected chi connectivity index (χ3v) is 3.05. The maximum atomic E-state index is 10.6. The Kier molecular flexibility index (Phi) is 4.73. The van der Waals surface area contributed by atoms with Crippen LogP contribution in [0.5, 0.6) is 5.75 Å². The first-order valence-corrected chi connectivity index (χ1v) is 6.52. The van der Waals surface area contributed by atoms with Crippen LogP contribution in [0.3, 0.4) is 0 Å². The van der Waals surface area contributed by atoms with Crippen LogP contribution in [0.25, 0.3) is 0 Å². The fraction of sp³-hybridized carbons (Fsp3) is 0.235. The van der Waals surface area contributed by atoms with E-state index in [1.807, 2.05) is 25.1 Å². The zero-order chi connectivity index (χ0) is 13.5. The average molecular weight is 254 g/mol. The van der Waals surface area contributed by atoms with Crippen LogP contribution < -0.4 is 4.74 Å². The number of aryl methyl sites for hydroxylation is 2. The summed E-state index contributed by atoms with van der Waals surface area (Å²) in [5, 5.41) is 0. The lowest BCUT2D eigenvalue weighted by Crippen LogP contribution is -2.01. The van der Waals surface area contributed by atoms with E-state index in [4.69, 9.17) is 4.74 Å². The molecule has 0 aromatic heterocycles. The van der Waals surface area contributed by atoms with Gasteiger partial charge in [0, 0.05) is 5.56 Å². The largest absolute Gasteiger partial charge is 0.493 e. The lowest BCUT2D eigenvalue weighted by molar-refractivity contribution is 0.112. The van der Waals surface area contributed by atoms with Gasteiger partial charge in [-0.15, -0.1) is 0 Å². The van der Waals surface area contributed by atoms with Gasteiger partial charge >= 0.3 is 0 Å². The average Bonchev–Trinajstić information content (AvgIpc) is 2.46. The number of ether oxygens (including phenoxy) is 1. The van der Waals surface area contributed by atoms with Crippen molar-refractivity contribution in [2.45, 2.75) is 19.8 Å². The van der Waals surface area contributed by atoms with Crippen LogP contribution in [0.4, 0.5) is 0 Å². The number of hydrogen-bond donors (Lipinski definition) is 0. The number of benzene rings is 2. The molecule has 0 spiro atoms. The van der Waals surface area contributed by atoms with Gasteiger partial charge in [-0.3, -0.25) is 4.79 Å². The highest BCUT2D eigenvalue weighted by Crippen LogP contribution is 2.18. The first kappa shape index (κ1) is 13.3. The summed E-state index contributed by atoms with van der Waals surface area (Å²) in [4.78, 5) is 10.6. The van der Waals surface area contributed by atoms with Gasteiger partial charge in [0.25, 0.3) is 0 Å². The third kappa shape index (κ3) is 3.95. The van der Waals surface area contributed by atoms with Gasteiger partial charge in [-0.05, 0) is 49.1 Å². The van der Waals surface area contributed by atoms with E-state index in [0.717, 1.165) is 30.4 Å². The molecule has 0 aliphatic rings. The van der Waals surface area contributed by atoms with Crippen LogP contribution in [0.15, 0.2) is 48.5 Å². The Morgan fingerprint density at radius 1 is 1.11 bits per heavy atom. The molecule has 0 atom stereocenters. The van der Waals surface area contributed by atoms with E-state index in [2.05, 4.69) is 24.3 Å². The first-order valence-electron chi connectivity index (χ1n) is 6.52. The molecular formula is C17H18O2. The van der Waals surface area contributed by atoms with E-state index >= 15 is 0 Å². The van der Waals surface area contributed by atoms with Crippen LogP contribution in [-0.2, 0) is 6.42 Å². The van der Waals surface area contributed by atoms with E-state index in [9.17, 15) is 4.79 Å². The first-order chi connectivity index (χ1) is 9.29. The lowest BCUT2D eigenvalue weighted by atomic mass is 10.1. The zero-order valence-corrected chi connectivity index (χ0v) is 11.1. The minimum atomic E-state index is 0.689. The summed E-state index contributed by atoms with van der Waals surface area (Å²) in [6.45, 7) is 2.65. The molecule has 2 rings (SSSR count). The van der Waals surface area contributed by atoms with Gasteiger partial charge in [-0.1, -0.05) is 30.3 Å². The Bertz CT molecular complexity index is 532. The Balaban J connectivity index is 1.81. The standard InChI is InChI=1S/C17H18O2/c1-14-12-16(13-18)9-10-17(14)19-11-5-8-15-6-3-2-4-7-15/h2-4,6-7,9-10,12-13H,5,8,11H2,1H3. The van der Waals surface area contributed by atoms with Gasteiger partial charge < -0.3 is 4.74 Å². The van der Waals surface area contributed by atoms with Gasteiger partial charge in [0.15, 0.2) is 0 Å². The van der Waals surface area contributed by atoms with Crippen LogP contribution in [-0.4, -0.2) is 12.9 Å². The molecule has 0 heterocycles. The number of carbonyl (C=O) groups is 1. The molecule has 0 aliphatic carbocycles. The molecule has 0 fully saturated rings. The normalized spacial score (nSPS) is 10.2. The second kappa shape index (κ2) is 6.74. The minimum absolute atomic E-state index is 0.689. The summed E-state index contributed by atoms with van der Waals surface area (Å²) in [7, 11) is 0. The number of carbonyl (C=O) groups excluding carboxylic acids is 1. The van der Waals surface area contributed by atoms with Crippen LogP contribution in [0.1, 0.15) is 27.9 Å². The molecular weight excluding hydrogens is 236 g/mol. The molecule has 0 aliphatic heterocycles. The highest BCUT2D eigenvalue weighted by molar-refractivity contribution is 5.75. The van der Waals surface area contributed by atoms with Crippen LogP contribution >= 0.6 is 0 Å². The van der Waals surface area contributed by atoms with E-state index in [1.165, 1.54) is 5.56 Å². The molecule has 0 bridgehead atoms. The Hall–Kier alpha value is -2.09. The number of aldehydes is 1. The molecule has 0 saturated carbocycles. The maximum absolute atomic E-state index is 10.6. The van der Waals surface area contributed by atoms with Gasteiger partial charge in [-0.25, -0.2) is 0 Å². The topological polar surface area (TPSA) is 26.3 Å². The van der Waals surface area contributed by atoms with Crippen molar-refractivity contribution in [1.29, 1.82) is 0 Å². The molecule has 0 radical (unpaired) electrons. The molecule has 0 amide bonds. The number of rotatable bonds is 6. The SMILES string of the molecule is Cc1cc(C=O)ccc1OCCCc1ccccc1. The fourth-order valence-electron chi connectivity index (χ4n) is 2.01. The zero-order valence-electron chi connectivity index (χ0n) is 11.1.